The van der Waals surface area contributed by atoms with Gasteiger partial charge in [-0.05, 0) is 54.0 Å². The van der Waals surface area contributed by atoms with Crippen LogP contribution in [0.5, 0.6) is 0 Å². The van der Waals surface area contributed by atoms with Crippen LogP contribution in [0.3, 0.4) is 0 Å². The summed E-state index contributed by atoms with van der Waals surface area (Å²) in [5.74, 6) is 0. The first-order chi connectivity index (χ1) is 10.1. The number of rotatable bonds is 4. The number of H-pyrrole nitrogens is 1. The van der Waals surface area contributed by atoms with Gasteiger partial charge in [0.2, 0.25) is 0 Å². The van der Waals surface area contributed by atoms with Crippen LogP contribution < -0.4 is 10.6 Å². The van der Waals surface area contributed by atoms with Gasteiger partial charge in [0.05, 0.1) is 22.9 Å². The molecule has 2 heterocycles. The van der Waals surface area contributed by atoms with Crippen LogP contribution in [0.4, 0.5) is 4.79 Å². The van der Waals surface area contributed by atoms with E-state index in [1.165, 1.54) is 0 Å². The molecular weight excluding hydrogens is 280 g/mol. The van der Waals surface area contributed by atoms with Crippen molar-refractivity contribution in [1.82, 2.24) is 20.8 Å². The summed E-state index contributed by atoms with van der Waals surface area (Å²) in [5.41, 5.74) is 1.41. The van der Waals surface area contributed by atoms with E-state index in [1.807, 2.05) is 33.8 Å². The molecule has 0 radical (unpaired) electrons. The maximum Gasteiger partial charge on any atom is 0.315 e. The van der Waals surface area contributed by atoms with Gasteiger partial charge in [-0.1, -0.05) is 0 Å². The predicted octanol–water partition coefficient (Wildman–Crippen LogP) is 2.29. The van der Waals surface area contributed by atoms with Crippen LogP contribution in [-0.4, -0.2) is 39.5 Å². The molecule has 1 fully saturated rings. The Morgan fingerprint density at radius 3 is 2.68 bits per heavy atom. The second-order valence-electron chi connectivity index (χ2n) is 7.49. The van der Waals surface area contributed by atoms with Gasteiger partial charge in [-0.3, -0.25) is 5.10 Å². The number of ether oxygens (including phenoxy) is 1. The molecule has 124 valence electrons. The van der Waals surface area contributed by atoms with Crippen molar-refractivity contribution in [2.24, 2.45) is 0 Å². The van der Waals surface area contributed by atoms with Gasteiger partial charge in [-0.2, -0.15) is 5.10 Å². The molecule has 6 heteroatoms. The van der Waals surface area contributed by atoms with Gasteiger partial charge >= 0.3 is 6.03 Å². The van der Waals surface area contributed by atoms with Crippen LogP contribution in [-0.2, 0) is 11.2 Å². The lowest BCUT2D eigenvalue weighted by Gasteiger charge is -2.28. The van der Waals surface area contributed by atoms with Crippen molar-refractivity contribution < 1.29 is 9.53 Å². The van der Waals surface area contributed by atoms with E-state index in [0.29, 0.717) is 6.42 Å². The number of aryl methyl sites for hydroxylation is 1. The highest BCUT2D eigenvalue weighted by molar-refractivity contribution is 5.74. The number of hydrogen-bond acceptors (Lipinski definition) is 3. The van der Waals surface area contributed by atoms with Crippen molar-refractivity contribution in [2.75, 3.05) is 0 Å². The Labute approximate surface area is 132 Å². The molecule has 3 N–H and O–H groups in total. The molecule has 2 amide bonds. The SMILES string of the molecule is Cc1cc(CC(C)NC(=O)NC2CC(C)(C)OC2(C)C)n[nH]1. The minimum absolute atomic E-state index is 0.00216. The monoisotopic (exact) mass is 308 g/mol. The van der Waals surface area contributed by atoms with Gasteiger partial charge in [-0.15, -0.1) is 0 Å². The molecule has 0 saturated carbocycles. The summed E-state index contributed by atoms with van der Waals surface area (Å²) in [6.07, 6.45) is 1.51. The van der Waals surface area contributed by atoms with E-state index in [4.69, 9.17) is 4.74 Å². The number of carbonyl (C=O) groups is 1. The molecule has 0 bridgehead atoms. The zero-order valence-electron chi connectivity index (χ0n) is 14.4. The summed E-state index contributed by atoms with van der Waals surface area (Å²) < 4.78 is 6.00. The lowest BCUT2D eigenvalue weighted by Crippen LogP contribution is -2.51. The summed E-state index contributed by atoms with van der Waals surface area (Å²) in [5, 5.41) is 13.1. The normalized spacial score (nSPS) is 24.0. The Balaban J connectivity index is 1.85. The number of aromatic nitrogens is 2. The van der Waals surface area contributed by atoms with Gasteiger partial charge in [0.15, 0.2) is 0 Å². The largest absolute Gasteiger partial charge is 0.367 e. The lowest BCUT2D eigenvalue weighted by atomic mass is 9.94. The van der Waals surface area contributed by atoms with Gasteiger partial charge in [0.1, 0.15) is 0 Å². The van der Waals surface area contributed by atoms with Gasteiger partial charge in [0.25, 0.3) is 0 Å². The molecule has 2 rings (SSSR count). The molecule has 1 aromatic heterocycles. The Kier molecular flexibility index (Phi) is 4.52. The van der Waals surface area contributed by atoms with Crippen molar-refractivity contribution >= 4 is 6.03 Å². The molecule has 0 aromatic carbocycles. The highest BCUT2D eigenvalue weighted by Gasteiger charge is 2.46. The first-order valence-electron chi connectivity index (χ1n) is 7.85. The van der Waals surface area contributed by atoms with E-state index < -0.39 is 0 Å². The van der Waals surface area contributed by atoms with E-state index in [2.05, 4.69) is 34.7 Å². The lowest BCUT2D eigenvalue weighted by molar-refractivity contribution is -0.0690. The van der Waals surface area contributed by atoms with E-state index in [0.717, 1.165) is 17.8 Å². The molecule has 1 aliphatic rings. The molecular formula is C16H28N4O2. The van der Waals surface area contributed by atoms with Gasteiger partial charge in [0, 0.05) is 18.2 Å². The van der Waals surface area contributed by atoms with Crippen molar-refractivity contribution in [2.45, 2.75) is 77.7 Å². The van der Waals surface area contributed by atoms with Crippen LogP contribution in [0.1, 0.15) is 52.4 Å². The summed E-state index contributed by atoms with van der Waals surface area (Å²) in [7, 11) is 0. The zero-order chi connectivity index (χ0) is 16.5. The molecule has 1 aliphatic heterocycles. The van der Waals surface area contributed by atoms with Gasteiger partial charge < -0.3 is 15.4 Å². The van der Waals surface area contributed by atoms with E-state index >= 15 is 0 Å². The molecule has 1 aromatic rings. The number of amides is 2. The van der Waals surface area contributed by atoms with Crippen LogP contribution in [0.2, 0.25) is 0 Å². The van der Waals surface area contributed by atoms with E-state index in [9.17, 15) is 4.79 Å². The first kappa shape index (κ1) is 16.8. The van der Waals surface area contributed by atoms with Gasteiger partial charge in [-0.25, -0.2) is 4.79 Å². The van der Waals surface area contributed by atoms with Crippen molar-refractivity contribution in [3.63, 3.8) is 0 Å². The highest BCUT2D eigenvalue weighted by Crippen LogP contribution is 2.37. The minimum atomic E-state index is -0.358. The third-order valence-electron chi connectivity index (χ3n) is 4.03. The molecule has 2 atom stereocenters. The number of urea groups is 1. The smallest absolute Gasteiger partial charge is 0.315 e. The molecule has 0 aliphatic carbocycles. The second kappa shape index (κ2) is 5.91. The summed E-state index contributed by atoms with van der Waals surface area (Å²) >= 11 is 0. The van der Waals surface area contributed by atoms with E-state index in [1.54, 1.807) is 0 Å². The molecule has 2 unspecified atom stereocenters. The maximum absolute atomic E-state index is 12.2. The standard InChI is InChI=1S/C16H28N4O2/c1-10(7-12-8-11(2)19-20-12)17-14(21)18-13-9-15(3,4)22-16(13,5)6/h8,10,13H,7,9H2,1-6H3,(H,19,20)(H2,17,18,21). The van der Waals surface area contributed by atoms with Crippen LogP contribution >= 0.6 is 0 Å². The predicted molar refractivity (Wildman–Crippen MR) is 85.8 cm³/mol. The van der Waals surface area contributed by atoms with Crippen LogP contribution in [0.25, 0.3) is 0 Å². The fourth-order valence-corrected chi connectivity index (χ4v) is 3.15. The number of hydrogen-bond donors (Lipinski definition) is 3. The fourth-order valence-electron chi connectivity index (χ4n) is 3.15. The Morgan fingerprint density at radius 1 is 1.50 bits per heavy atom. The first-order valence-corrected chi connectivity index (χ1v) is 7.85. The third-order valence-corrected chi connectivity index (χ3v) is 4.03. The fraction of sp³-hybridized carbons (Fsp3) is 0.750. The average molecular weight is 308 g/mol. The summed E-state index contributed by atoms with van der Waals surface area (Å²) in [6, 6.07) is 1.86. The van der Waals surface area contributed by atoms with Crippen molar-refractivity contribution in [1.29, 1.82) is 0 Å². The Bertz CT molecular complexity index is 536. The maximum atomic E-state index is 12.2. The van der Waals surface area contributed by atoms with Crippen LogP contribution in [0.15, 0.2) is 6.07 Å². The van der Waals surface area contributed by atoms with Crippen LogP contribution in [0, 0.1) is 6.92 Å². The number of nitrogens with one attached hydrogen (secondary N) is 3. The van der Waals surface area contributed by atoms with Crippen molar-refractivity contribution in [3.8, 4) is 0 Å². The van der Waals surface area contributed by atoms with Crippen molar-refractivity contribution in [3.05, 3.63) is 17.5 Å². The zero-order valence-corrected chi connectivity index (χ0v) is 14.4. The number of aromatic amines is 1. The average Bonchev–Trinajstić information content (AvgIpc) is 2.79. The molecule has 6 nitrogen and oxygen atoms in total. The number of nitrogens with zero attached hydrogens (tertiary/aromatic N) is 1. The Hall–Kier alpha value is -1.56. The minimum Gasteiger partial charge on any atom is -0.367 e. The molecule has 1 saturated heterocycles. The highest BCUT2D eigenvalue weighted by atomic mass is 16.5. The topological polar surface area (TPSA) is 79.0 Å². The number of carbonyl (C=O) groups excluding carboxylic acids is 1. The summed E-state index contributed by atoms with van der Waals surface area (Å²) in [6.45, 7) is 12.1. The Morgan fingerprint density at radius 2 is 2.18 bits per heavy atom. The summed E-state index contributed by atoms with van der Waals surface area (Å²) in [4.78, 5) is 12.2. The van der Waals surface area contributed by atoms with E-state index in [-0.39, 0.29) is 29.3 Å². The quantitative estimate of drug-likeness (QED) is 0.798. The molecule has 22 heavy (non-hydrogen) atoms. The third kappa shape index (κ3) is 4.22. The molecule has 0 spiro atoms. The second-order valence-corrected chi connectivity index (χ2v) is 7.49.